The molecule has 3 heteroatoms. The van der Waals surface area contributed by atoms with Gasteiger partial charge in [-0.15, -0.1) is 24.0 Å². The molecule has 0 aliphatic heterocycles. The molecule has 0 radical (unpaired) electrons. The van der Waals surface area contributed by atoms with Crippen LogP contribution < -0.4 is 0 Å². The van der Waals surface area contributed by atoms with Gasteiger partial charge in [0.25, 0.3) is 0 Å². The molecule has 0 unspecified atom stereocenters. The van der Waals surface area contributed by atoms with Gasteiger partial charge in [0.15, 0.2) is 0 Å². The number of aryl methyl sites for hydroxylation is 1. The zero-order valence-electron chi connectivity index (χ0n) is 7.19. The van der Waals surface area contributed by atoms with Crippen molar-refractivity contribution in [1.82, 2.24) is 4.98 Å². The molecule has 66 valence electrons. The number of hydrogen-bond acceptors (Lipinski definition) is 3. The molecule has 0 aliphatic rings. The Labute approximate surface area is 86.9 Å². The Bertz CT molecular complexity index is 407. The first kappa shape index (κ1) is 8.78. The highest BCUT2D eigenvalue weighted by atomic mass is 32.1. The minimum absolute atomic E-state index is 1.03. The topological polar surface area (TPSA) is 12.9 Å². The van der Waals surface area contributed by atoms with Gasteiger partial charge in [-0.3, -0.25) is 0 Å². The first-order valence-corrected chi connectivity index (χ1v) is 5.30. The molecule has 1 aromatic carbocycles. The first-order valence-electron chi connectivity index (χ1n) is 3.97. The maximum Gasteiger partial charge on any atom is 0.124 e. The predicted molar refractivity (Wildman–Crippen MR) is 59.5 cm³/mol. The van der Waals surface area contributed by atoms with Crippen molar-refractivity contribution in [2.75, 3.05) is 0 Å². The van der Waals surface area contributed by atoms with Crippen molar-refractivity contribution in [3.8, 4) is 10.6 Å². The van der Waals surface area contributed by atoms with E-state index in [1.807, 2.05) is 23.7 Å². The predicted octanol–water partition coefficient (Wildman–Crippen LogP) is 3.41. The van der Waals surface area contributed by atoms with Crippen LogP contribution in [0.2, 0.25) is 0 Å². The van der Waals surface area contributed by atoms with E-state index in [-0.39, 0.29) is 0 Å². The third-order valence-electron chi connectivity index (χ3n) is 1.90. The summed E-state index contributed by atoms with van der Waals surface area (Å²) in [6.07, 6.45) is 1.82. The number of benzene rings is 1. The molecule has 0 saturated carbocycles. The molecule has 0 aliphatic carbocycles. The van der Waals surface area contributed by atoms with Crippen molar-refractivity contribution in [3.05, 3.63) is 35.3 Å². The van der Waals surface area contributed by atoms with Crippen molar-refractivity contribution in [2.45, 2.75) is 11.8 Å². The van der Waals surface area contributed by atoms with Crippen LogP contribution in [0.3, 0.4) is 0 Å². The normalized spacial score (nSPS) is 10.3. The molecule has 1 aromatic heterocycles. The molecule has 0 bridgehead atoms. The maximum atomic E-state index is 4.46. The van der Waals surface area contributed by atoms with Crippen molar-refractivity contribution in [3.63, 3.8) is 0 Å². The maximum absolute atomic E-state index is 4.46. The van der Waals surface area contributed by atoms with Crippen molar-refractivity contribution in [2.24, 2.45) is 0 Å². The Balaban J connectivity index is 2.59. The molecular formula is C10H9NS2. The highest BCUT2D eigenvalue weighted by Gasteiger charge is 2.05. The van der Waals surface area contributed by atoms with Crippen LogP contribution in [0.25, 0.3) is 10.6 Å². The number of thiazole rings is 1. The van der Waals surface area contributed by atoms with E-state index in [0.717, 1.165) is 15.5 Å². The first-order chi connectivity index (χ1) is 6.29. The quantitative estimate of drug-likeness (QED) is 0.707. The molecule has 2 aromatic rings. The lowest BCUT2D eigenvalue weighted by molar-refractivity contribution is 1.29. The number of rotatable bonds is 1. The summed E-state index contributed by atoms with van der Waals surface area (Å²) in [5.41, 5.74) is 2.31. The summed E-state index contributed by atoms with van der Waals surface area (Å²) in [6, 6.07) is 6.14. The van der Waals surface area contributed by atoms with Crippen LogP contribution in [0, 0.1) is 6.92 Å². The van der Waals surface area contributed by atoms with E-state index in [9.17, 15) is 0 Å². The van der Waals surface area contributed by atoms with E-state index >= 15 is 0 Å². The molecule has 1 nitrogen and oxygen atoms in total. The van der Waals surface area contributed by atoms with E-state index in [1.54, 1.807) is 11.3 Å². The van der Waals surface area contributed by atoms with Crippen LogP contribution in [0.5, 0.6) is 0 Å². The summed E-state index contributed by atoms with van der Waals surface area (Å²) in [7, 11) is 0. The van der Waals surface area contributed by atoms with Gasteiger partial charge in [0, 0.05) is 22.0 Å². The second kappa shape index (κ2) is 3.52. The van der Waals surface area contributed by atoms with Crippen molar-refractivity contribution >= 4 is 24.0 Å². The smallest absolute Gasteiger partial charge is 0.124 e. The molecule has 2 rings (SSSR count). The number of thiol groups is 1. The number of nitrogens with zero attached hydrogens (tertiary/aromatic N) is 1. The molecule has 0 atom stereocenters. The van der Waals surface area contributed by atoms with Crippen LogP contribution >= 0.6 is 24.0 Å². The highest BCUT2D eigenvalue weighted by molar-refractivity contribution is 7.80. The van der Waals surface area contributed by atoms with Gasteiger partial charge in [-0.2, -0.15) is 0 Å². The van der Waals surface area contributed by atoms with Crippen LogP contribution in [-0.2, 0) is 0 Å². The van der Waals surface area contributed by atoms with Crippen LogP contribution in [0.15, 0.2) is 34.7 Å². The third kappa shape index (κ3) is 1.62. The second-order valence-corrected chi connectivity index (χ2v) is 4.15. The Morgan fingerprint density at radius 1 is 1.38 bits per heavy atom. The summed E-state index contributed by atoms with van der Waals surface area (Å²) in [4.78, 5) is 5.28. The fourth-order valence-corrected chi connectivity index (χ4v) is 2.19. The zero-order valence-corrected chi connectivity index (χ0v) is 8.90. The van der Waals surface area contributed by atoms with Crippen molar-refractivity contribution < 1.29 is 0 Å². The fraction of sp³-hybridized carbons (Fsp3) is 0.100. The van der Waals surface area contributed by atoms with Gasteiger partial charge in [0.2, 0.25) is 0 Å². The van der Waals surface area contributed by atoms with Gasteiger partial charge in [-0.1, -0.05) is 18.2 Å². The summed E-state index contributed by atoms with van der Waals surface area (Å²) in [5, 5.41) is 3.01. The van der Waals surface area contributed by atoms with Gasteiger partial charge < -0.3 is 0 Å². The lowest BCUT2D eigenvalue weighted by Gasteiger charge is -2.03. The average Bonchev–Trinajstić information content (AvgIpc) is 2.62. The Morgan fingerprint density at radius 2 is 2.23 bits per heavy atom. The van der Waals surface area contributed by atoms with E-state index < -0.39 is 0 Å². The molecule has 13 heavy (non-hydrogen) atoms. The minimum Gasteiger partial charge on any atom is -0.245 e. The van der Waals surface area contributed by atoms with E-state index in [1.165, 1.54) is 5.56 Å². The zero-order chi connectivity index (χ0) is 9.26. The van der Waals surface area contributed by atoms with Crippen LogP contribution in [-0.4, -0.2) is 4.98 Å². The summed E-state index contributed by atoms with van der Waals surface area (Å²) < 4.78 is 0. The molecule has 0 amide bonds. The lowest BCUT2D eigenvalue weighted by Crippen LogP contribution is -1.81. The third-order valence-corrected chi connectivity index (χ3v) is 3.30. The van der Waals surface area contributed by atoms with Crippen molar-refractivity contribution in [1.29, 1.82) is 0 Å². The minimum atomic E-state index is 1.03. The van der Waals surface area contributed by atoms with E-state index in [4.69, 9.17) is 0 Å². The molecule has 0 saturated heterocycles. The highest BCUT2D eigenvalue weighted by Crippen LogP contribution is 2.29. The second-order valence-electron chi connectivity index (χ2n) is 2.81. The Hall–Kier alpha value is -0.800. The van der Waals surface area contributed by atoms with Gasteiger partial charge in [-0.25, -0.2) is 4.98 Å². The van der Waals surface area contributed by atoms with Gasteiger partial charge in [0.05, 0.1) is 0 Å². The average molecular weight is 207 g/mol. The van der Waals surface area contributed by atoms with E-state index in [0.29, 0.717) is 0 Å². The monoisotopic (exact) mass is 207 g/mol. The SMILES string of the molecule is Cc1cccc(-c2nccs2)c1S. The summed E-state index contributed by atoms with van der Waals surface area (Å²) >= 11 is 6.10. The van der Waals surface area contributed by atoms with E-state index in [2.05, 4.69) is 30.6 Å². The largest absolute Gasteiger partial charge is 0.245 e. The molecule has 0 fully saturated rings. The fourth-order valence-electron chi connectivity index (χ4n) is 1.19. The van der Waals surface area contributed by atoms with Gasteiger partial charge in [-0.05, 0) is 12.5 Å². The number of hydrogen-bond donors (Lipinski definition) is 1. The summed E-state index contributed by atoms with van der Waals surface area (Å²) in [6.45, 7) is 2.06. The molecule has 0 N–H and O–H groups in total. The van der Waals surface area contributed by atoms with Crippen LogP contribution in [0.4, 0.5) is 0 Å². The van der Waals surface area contributed by atoms with Crippen LogP contribution in [0.1, 0.15) is 5.56 Å². The molecule has 0 spiro atoms. The summed E-state index contributed by atoms with van der Waals surface area (Å²) in [5.74, 6) is 0. The standard InChI is InChI=1S/C10H9NS2/c1-7-3-2-4-8(9(7)12)10-11-5-6-13-10/h2-6,12H,1H3. The number of aromatic nitrogens is 1. The van der Waals surface area contributed by atoms with Gasteiger partial charge >= 0.3 is 0 Å². The molecular weight excluding hydrogens is 198 g/mol. The Kier molecular flexibility index (Phi) is 2.38. The lowest BCUT2D eigenvalue weighted by atomic mass is 10.1. The Morgan fingerprint density at radius 3 is 2.92 bits per heavy atom. The van der Waals surface area contributed by atoms with Gasteiger partial charge in [0.1, 0.15) is 5.01 Å². The molecule has 1 heterocycles.